The molecule has 1 N–H and O–H groups in total. The third-order valence-corrected chi connectivity index (χ3v) is 5.96. The number of aromatic nitrogens is 1. The van der Waals surface area contributed by atoms with E-state index in [2.05, 4.69) is 65.6 Å². The zero-order chi connectivity index (χ0) is 18.5. The summed E-state index contributed by atoms with van der Waals surface area (Å²) in [5.74, 6) is 1.06. The molecule has 27 heavy (non-hydrogen) atoms. The predicted molar refractivity (Wildman–Crippen MR) is 112 cm³/mol. The van der Waals surface area contributed by atoms with Crippen LogP contribution in [0.1, 0.15) is 31.2 Å². The lowest BCUT2D eigenvalue weighted by molar-refractivity contribution is 0.0940. The number of rotatable bonds is 6. The number of fused-ring (bicyclic) bond motifs is 1. The first-order chi connectivity index (χ1) is 13.3. The van der Waals surface area contributed by atoms with Crippen LogP contribution in [0.2, 0.25) is 0 Å². The standard InChI is InChI=1S/C24H28N2O/c27-19-24(14-6-10-20-8-2-1-3-9-20)15-7-17-26(18-24)23-22-12-5-4-11-21(22)13-16-25-23/h1-5,8-9,11-13,16,27H,6-7,10,14-15,17-19H2. The van der Waals surface area contributed by atoms with Crippen molar-refractivity contribution in [2.45, 2.75) is 32.1 Å². The van der Waals surface area contributed by atoms with Crippen LogP contribution in [0.3, 0.4) is 0 Å². The first-order valence-electron chi connectivity index (χ1n) is 10.0. The fraction of sp³-hybridized carbons (Fsp3) is 0.375. The molecule has 3 nitrogen and oxygen atoms in total. The summed E-state index contributed by atoms with van der Waals surface area (Å²) in [5.41, 5.74) is 1.36. The van der Waals surface area contributed by atoms with E-state index in [0.717, 1.165) is 51.0 Å². The van der Waals surface area contributed by atoms with Crippen molar-refractivity contribution in [2.24, 2.45) is 5.41 Å². The number of piperidine rings is 1. The molecular formula is C24H28N2O. The maximum atomic E-state index is 10.3. The topological polar surface area (TPSA) is 36.4 Å². The highest BCUT2D eigenvalue weighted by Gasteiger charge is 2.35. The number of anilines is 1. The van der Waals surface area contributed by atoms with Gasteiger partial charge in [-0.05, 0) is 49.1 Å². The van der Waals surface area contributed by atoms with Crippen molar-refractivity contribution in [2.75, 3.05) is 24.6 Å². The van der Waals surface area contributed by atoms with Crippen LogP contribution in [0.5, 0.6) is 0 Å². The van der Waals surface area contributed by atoms with Gasteiger partial charge in [-0.2, -0.15) is 0 Å². The van der Waals surface area contributed by atoms with Crippen molar-refractivity contribution in [3.05, 3.63) is 72.4 Å². The van der Waals surface area contributed by atoms with Gasteiger partial charge in [0.25, 0.3) is 0 Å². The Morgan fingerprint density at radius 2 is 1.81 bits per heavy atom. The lowest BCUT2D eigenvalue weighted by atomic mass is 9.76. The molecule has 140 valence electrons. The second kappa shape index (κ2) is 8.10. The van der Waals surface area contributed by atoms with E-state index in [1.165, 1.54) is 16.3 Å². The van der Waals surface area contributed by atoms with E-state index in [-0.39, 0.29) is 12.0 Å². The summed E-state index contributed by atoms with van der Waals surface area (Å²) < 4.78 is 0. The number of pyridine rings is 1. The van der Waals surface area contributed by atoms with E-state index >= 15 is 0 Å². The SMILES string of the molecule is OCC1(CCCc2ccccc2)CCCN(c2nccc3ccccc23)C1. The second-order valence-electron chi connectivity index (χ2n) is 7.88. The van der Waals surface area contributed by atoms with Gasteiger partial charge in [0.2, 0.25) is 0 Å². The zero-order valence-electron chi connectivity index (χ0n) is 15.8. The lowest BCUT2D eigenvalue weighted by Crippen LogP contribution is -2.46. The predicted octanol–water partition coefficient (Wildman–Crippen LogP) is 4.84. The Kier molecular flexibility index (Phi) is 5.40. The second-order valence-corrected chi connectivity index (χ2v) is 7.88. The first-order valence-corrected chi connectivity index (χ1v) is 10.0. The van der Waals surface area contributed by atoms with Crippen molar-refractivity contribution >= 4 is 16.6 Å². The molecule has 0 radical (unpaired) electrons. The molecule has 1 atom stereocenters. The van der Waals surface area contributed by atoms with Gasteiger partial charge in [0.15, 0.2) is 0 Å². The van der Waals surface area contributed by atoms with Gasteiger partial charge in [-0.15, -0.1) is 0 Å². The minimum Gasteiger partial charge on any atom is -0.396 e. The van der Waals surface area contributed by atoms with E-state index < -0.39 is 0 Å². The fourth-order valence-corrected chi connectivity index (χ4v) is 4.47. The minimum atomic E-state index is -0.0222. The van der Waals surface area contributed by atoms with E-state index in [9.17, 15) is 5.11 Å². The Morgan fingerprint density at radius 3 is 2.67 bits per heavy atom. The summed E-state index contributed by atoms with van der Waals surface area (Å²) in [4.78, 5) is 7.10. The van der Waals surface area contributed by atoms with E-state index in [0.29, 0.717) is 0 Å². The van der Waals surface area contributed by atoms with Crippen molar-refractivity contribution in [1.82, 2.24) is 4.98 Å². The van der Waals surface area contributed by atoms with Gasteiger partial charge >= 0.3 is 0 Å². The number of aliphatic hydroxyl groups is 1. The first kappa shape index (κ1) is 18.0. The van der Waals surface area contributed by atoms with Crippen LogP contribution in [-0.2, 0) is 6.42 Å². The quantitative estimate of drug-likeness (QED) is 0.683. The summed E-state index contributed by atoms with van der Waals surface area (Å²) in [6.45, 7) is 2.16. The van der Waals surface area contributed by atoms with Crippen molar-refractivity contribution in [3.8, 4) is 0 Å². The molecule has 1 fully saturated rings. The zero-order valence-corrected chi connectivity index (χ0v) is 15.8. The average molecular weight is 361 g/mol. The number of benzene rings is 2. The number of aliphatic hydroxyl groups excluding tert-OH is 1. The Hall–Kier alpha value is -2.39. The Morgan fingerprint density at radius 1 is 1.00 bits per heavy atom. The van der Waals surface area contributed by atoms with Gasteiger partial charge in [-0.25, -0.2) is 4.98 Å². The minimum absolute atomic E-state index is 0.0222. The van der Waals surface area contributed by atoms with Gasteiger partial charge in [-0.3, -0.25) is 0 Å². The molecule has 3 heteroatoms. The van der Waals surface area contributed by atoms with Crippen molar-refractivity contribution in [1.29, 1.82) is 0 Å². The molecule has 1 unspecified atom stereocenters. The largest absolute Gasteiger partial charge is 0.396 e. The number of nitrogens with zero attached hydrogens (tertiary/aromatic N) is 2. The molecule has 0 aliphatic carbocycles. The summed E-state index contributed by atoms with van der Waals surface area (Å²) in [5, 5.41) is 12.7. The smallest absolute Gasteiger partial charge is 0.136 e. The molecular weight excluding hydrogens is 332 g/mol. The van der Waals surface area contributed by atoms with Crippen molar-refractivity contribution < 1.29 is 5.11 Å². The van der Waals surface area contributed by atoms with Crippen LogP contribution in [0, 0.1) is 5.41 Å². The number of hydrogen-bond donors (Lipinski definition) is 1. The average Bonchev–Trinajstić information content (AvgIpc) is 2.74. The van der Waals surface area contributed by atoms with Crippen LogP contribution >= 0.6 is 0 Å². The maximum Gasteiger partial charge on any atom is 0.136 e. The van der Waals surface area contributed by atoms with Gasteiger partial charge in [0, 0.05) is 30.1 Å². The molecule has 1 aromatic heterocycles. The van der Waals surface area contributed by atoms with Gasteiger partial charge in [0.05, 0.1) is 6.61 Å². The number of aryl methyl sites for hydroxylation is 1. The fourth-order valence-electron chi connectivity index (χ4n) is 4.47. The molecule has 0 amide bonds. The van der Waals surface area contributed by atoms with Crippen LogP contribution < -0.4 is 4.90 Å². The molecule has 3 aromatic rings. The van der Waals surface area contributed by atoms with Crippen molar-refractivity contribution in [3.63, 3.8) is 0 Å². The molecule has 4 rings (SSSR count). The van der Waals surface area contributed by atoms with Gasteiger partial charge in [0.1, 0.15) is 5.82 Å². The van der Waals surface area contributed by atoms with Crippen LogP contribution in [0.4, 0.5) is 5.82 Å². The Balaban J connectivity index is 1.49. The summed E-state index contributed by atoms with van der Waals surface area (Å²) >= 11 is 0. The normalized spacial score (nSPS) is 20.1. The van der Waals surface area contributed by atoms with Crippen LogP contribution in [0.15, 0.2) is 66.9 Å². The highest BCUT2D eigenvalue weighted by molar-refractivity contribution is 5.92. The summed E-state index contributed by atoms with van der Waals surface area (Å²) in [6, 6.07) is 21.2. The van der Waals surface area contributed by atoms with Crippen LogP contribution in [-0.4, -0.2) is 29.8 Å². The van der Waals surface area contributed by atoms with Gasteiger partial charge in [-0.1, -0.05) is 54.6 Å². The molecule has 0 bridgehead atoms. The number of hydrogen-bond acceptors (Lipinski definition) is 3. The monoisotopic (exact) mass is 360 g/mol. The molecule has 0 saturated carbocycles. The highest BCUT2D eigenvalue weighted by atomic mass is 16.3. The Labute approximate surface area is 161 Å². The molecule has 1 aliphatic rings. The van der Waals surface area contributed by atoms with E-state index in [4.69, 9.17) is 4.98 Å². The van der Waals surface area contributed by atoms with Gasteiger partial charge < -0.3 is 10.0 Å². The molecule has 2 aromatic carbocycles. The molecule has 0 spiro atoms. The Bertz CT molecular complexity index is 874. The third-order valence-electron chi connectivity index (χ3n) is 5.96. The molecule has 1 aliphatic heterocycles. The van der Waals surface area contributed by atoms with Crippen LogP contribution in [0.25, 0.3) is 10.8 Å². The third kappa shape index (κ3) is 3.98. The highest BCUT2D eigenvalue weighted by Crippen LogP contribution is 2.37. The van der Waals surface area contributed by atoms with E-state index in [1.807, 2.05) is 6.20 Å². The van der Waals surface area contributed by atoms with E-state index in [1.54, 1.807) is 0 Å². The summed E-state index contributed by atoms with van der Waals surface area (Å²) in [6.07, 6.45) is 7.36. The maximum absolute atomic E-state index is 10.3. The summed E-state index contributed by atoms with van der Waals surface area (Å²) in [7, 11) is 0. The lowest BCUT2D eigenvalue weighted by Gasteiger charge is -2.43. The molecule has 2 heterocycles. The molecule has 1 saturated heterocycles.